The van der Waals surface area contributed by atoms with Crippen molar-refractivity contribution in [1.82, 2.24) is 14.8 Å². The van der Waals surface area contributed by atoms with Gasteiger partial charge < -0.3 is 24.7 Å². The van der Waals surface area contributed by atoms with E-state index in [0.717, 1.165) is 44.5 Å². The number of pyridine rings is 1. The first-order valence-electron chi connectivity index (χ1n) is 12.2. The van der Waals surface area contributed by atoms with Crippen molar-refractivity contribution in [3.63, 3.8) is 0 Å². The van der Waals surface area contributed by atoms with Crippen LogP contribution in [0.15, 0.2) is 18.5 Å². The van der Waals surface area contributed by atoms with Gasteiger partial charge in [0.15, 0.2) is 0 Å². The van der Waals surface area contributed by atoms with Crippen molar-refractivity contribution in [3.05, 3.63) is 29.6 Å². The lowest BCUT2D eigenvalue weighted by Crippen LogP contribution is -2.47. The molecule has 3 saturated heterocycles. The topological polar surface area (TPSA) is 120 Å². The zero-order valence-electron chi connectivity index (χ0n) is 21.2. The van der Waals surface area contributed by atoms with Crippen LogP contribution in [0.2, 0.25) is 0 Å². The van der Waals surface area contributed by atoms with Gasteiger partial charge in [-0.2, -0.15) is 26.3 Å². The van der Waals surface area contributed by atoms with Gasteiger partial charge in [0.25, 0.3) is 5.91 Å². The molecule has 2 atom stereocenters. The van der Waals surface area contributed by atoms with Crippen LogP contribution >= 0.6 is 0 Å². The third kappa shape index (κ3) is 10.3. The highest BCUT2D eigenvalue weighted by Crippen LogP contribution is 2.37. The molecule has 0 aromatic carbocycles. The van der Waals surface area contributed by atoms with Crippen LogP contribution in [0, 0.1) is 6.92 Å². The van der Waals surface area contributed by atoms with E-state index in [0.29, 0.717) is 11.7 Å². The van der Waals surface area contributed by atoms with Gasteiger partial charge in [0.1, 0.15) is 0 Å². The van der Waals surface area contributed by atoms with Gasteiger partial charge in [-0.3, -0.25) is 9.78 Å². The number of nitrogens with zero attached hydrogens (tertiary/aromatic N) is 3. The fraction of sp³-hybridized carbons (Fsp3) is 0.667. The molecule has 15 heteroatoms. The number of carbonyl (C=O) groups is 3. The first-order chi connectivity index (χ1) is 18.0. The summed E-state index contributed by atoms with van der Waals surface area (Å²) in [5.74, 6) is -5.42. The Kier molecular flexibility index (Phi) is 11.1. The van der Waals surface area contributed by atoms with Crippen LogP contribution < -0.4 is 0 Å². The smallest absolute Gasteiger partial charge is 0.475 e. The molecule has 0 bridgehead atoms. The number of aryl methyl sites for hydroxylation is 1. The molecular weight excluding hydrogens is 540 g/mol. The van der Waals surface area contributed by atoms with Gasteiger partial charge >= 0.3 is 24.3 Å². The number of halogens is 6. The number of rotatable bonds is 3. The molecule has 220 valence electrons. The molecular formula is C24H31F6N3O6. The number of hydrogen-bond acceptors (Lipinski definition) is 6. The van der Waals surface area contributed by atoms with Gasteiger partial charge in [0.05, 0.1) is 23.8 Å². The highest BCUT2D eigenvalue weighted by atomic mass is 19.4. The molecule has 1 amide bonds. The highest BCUT2D eigenvalue weighted by molar-refractivity contribution is 5.94. The number of ether oxygens (including phenoxy) is 1. The molecule has 3 aliphatic heterocycles. The van der Waals surface area contributed by atoms with Crippen molar-refractivity contribution in [3.8, 4) is 0 Å². The Morgan fingerprint density at radius 3 is 2.05 bits per heavy atom. The Hall–Kier alpha value is -2.94. The van der Waals surface area contributed by atoms with E-state index < -0.39 is 24.3 Å². The van der Waals surface area contributed by atoms with Crippen molar-refractivity contribution in [2.45, 2.75) is 69.5 Å². The first-order valence-corrected chi connectivity index (χ1v) is 12.2. The van der Waals surface area contributed by atoms with Crippen molar-refractivity contribution in [2.24, 2.45) is 0 Å². The first kappa shape index (κ1) is 32.3. The summed E-state index contributed by atoms with van der Waals surface area (Å²) in [6.07, 6.45) is 0.708. The van der Waals surface area contributed by atoms with Gasteiger partial charge in [0.2, 0.25) is 0 Å². The van der Waals surface area contributed by atoms with E-state index in [-0.39, 0.29) is 11.5 Å². The summed E-state index contributed by atoms with van der Waals surface area (Å²) >= 11 is 0. The number of alkyl halides is 6. The lowest BCUT2D eigenvalue weighted by Gasteiger charge is -2.40. The van der Waals surface area contributed by atoms with Gasteiger partial charge in [-0.15, -0.1) is 0 Å². The van der Waals surface area contributed by atoms with Crippen LogP contribution in [0.3, 0.4) is 0 Å². The molecule has 4 rings (SSSR count). The van der Waals surface area contributed by atoms with E-state index in [9.17, 15) is 31.1 Å². The summed E-state index contributed by atoms with van der Waals surface area (Å²) < 4.78 is 70.1. The monoisotopic (exact) mass is 571 g/mol. The van der Waals surface area contributed by atoms with E-state index in [1.54, 1.807) is 12.4 Å². The zero-order chi connectivity index (χ0) is 29.4. The van der Waals surface area contributed by atoms with Crippen LogP contribution in [-0.4, -0.2) is 99.6 Å². The van der Waals surface area contributed by atoms with Crippen molar-refractivity contribution < 1.29 is 55.7 Å². The number of amides is 1. The molecule has 1 spiro atoms. The Morgan fingerprint density at radius 2 is 1.54 bits per heavy atom. The number of likely N-dealkylation sites (tertiary alicyclic amines) is 2. The maximum atomic E-state index is 12.8. The third-order valence-electron chi connectivity index (χ3n) is 6.45. The average Bonchev–Trinajstić information content (AvgIpc) is 3.48. The van der Waals surface area contributed by atoms with Crippen molar-refractivity contribution in [2.75, 3.05) is 32.7 Å². The molecule has 0 saturated carbocycles. The van der Waals surface area contributed by atoms with Crippen LogP contribution in [-0.2, 0) is 14.3 Å². The number of hydrogen-bond donors (Lipinski definition) is 2. The van der Waals surface area contributed by atoms with E-state index in [1.165, 1.54) is 32.4 Å². The molecule has 0 aliphatic carbocycles. The molecule has 4 heterocycles. The van der Waals surface area contributed by atoms with Crippen molar-refractivity contribution >= 4 is 17.8 Å². The second-order valence-corrected chi connectivity index (χ2v) is 9.66. The van der Waals surface area contributed by atoms with Crippen LogP contribution in [0.1, 0.15) is 54.4 Å². The largest absolute Gasteiger partial charge is 0.490 e. The second kappa shape index (κ2) is 13.4. The molecule has 9 nitrogen and oxygen atoms in total. The number of aromatic nitrogens is 1. The fourth-order valence-corrected chi connectivity index (χ4v) is 4.68. The van der Waals surface area contributed by atoms with Gasteiger partial charge in [-0.1, -0.05) is 0 Å². The minimum absolute atomic E-state index is 0.0957. The van der Waals surface area contributed by atoms with E-state index in [2.05, 4.69) is 9.88 Å². The summed E-state index contributed by atoms with van der Waals surface area (Å²) in [6.45, 7) is 7.01. The standard InChI is InChI=1S/C20H29N3O2.2C2HF3O2/c1-16-11-17(13-21-12-16)19(24)23-10-7-20(15-23)6-4-5-18(25-20)14-22-8-2-3-9-22;2*3-2(4,5)1(6)7/h11-13,18H,2-10,14-15H2,1H3;2*(H,6,7)/t18-,20-;;/m1../s1. The zero-order valence-corrected chi connectivity index (χ0v) is 21.2. The van der Waals surface area contributed by atoms with E-state index in [1.807, 2.05) is 17.9 Å². The van der Waals surface area contributed by atoms with Gasteiger partial charge in [-0.25, -0.2) is 9.59 Å². The third-order valence-corrected chi connectivity index (χ3v) is 6.45. The molecule has 0 unspecified atom stereocenters. The Balaban J connectivity index is 0.000000317. The lowest BCUT2D eigenvalue weighted by atomic mass is 9.90. The van der Waals surface area contributed by atoms with Gasteiger partial charge in [0, 0.05) is 25.5 Å². The number of carbonyl (C=O) groups excluding carboxylic acids is 1. The van der Waals surface area contributed by atoms with Crippen LogP contribution in [0.4, 0.5) is 26.3 Å². The predicted molar refractivity (Wildman–Crippen MR) is 124 cm³/mol. The van der Waals surface area contributed by atoms with Crippen LogP contribution in [0.5, 0.6) is 0 Å². The number of carboxylic acid groups (broad SMARTS) is 2. The molecule has 3 aliphatic rings. The predicted octanol–water partition coefficient (Wildman–Crippen LogP) is 3.91. The Bertz CT molecular complexity index is 975. The molecule has 0 radical (unpaired) electrons. The fourth-order valence-electron chi connectivity index (χ4n) is 4.68. The summed E-state index contributed by atoms with van der Waals surface area (Å²) in [5, 5.41) is 14.2. The molecule has 3 fully saturated rings. The normalized spacial score (nSPS) is 23.5. The van der Waals surface area contributed by atoms with Crippen LogP contribution in [0.25, 0.3) is 0 Å². The highest BCUT2D eigenvalue weighted by Gasteiger charge is 2.45. The van der Waals surface area contributed by atoms with Gasteiger partial charge in [-0.05, 0) is 70.2 Å². The van der Waals surface area contributed by atoms with E-state index >= 15 is 0 Å². The molecule has 2 N–H and O–H groups in total. The minimum Gasteiger partial charge on any atom is -0.475 e. The number of aliphatic carboxylic acids is 2. The van der Waals surface area contributed by atoms with E-state index in [4.69, 9.17) is 24.5 Å². The quantitative estimate of drug-likeness (QED) is 0.525. The summed E-state index contributed by atoms with van der Waals surface area (Å²) in [5.41, 5.74) is 1.61. The lowest BCUT2D eigenvalue weighted by molar-refractivity contribution is -0.193. The molecule has 1 aromatic heterocycles. The number of carboxylic acids is 2. The maximum absolute atomic E-state index is 12.8. The summed E-state index contributed by atoms with van der Waals surface area (Å²) in [4.78, 5) is 39.3. The Labute approximate surface area is 220 Å². The SMILES string of the molecule is Cc1cncc(C(=O)N2CC[C@]3(CCC[C@H](CN4CCCC4)O3)C2)c1.O=C(O)C(F)(F)F.O=C(O)C(F)(F)F. The molecule has 1 aromatic rings. The second-order valence-electron chi connectivity index (χ2n) is 9.66. The average molecular weight is 572 g/mol. The minimum atomic E-state index is -5.08. The summed E-state index contributed by atoms with van der Waals surface area (Å²) in [7, 11) is 0. The maximum Gasteiger partial charge on any atom is 0.490 e. The molecule has 39 heavy (non-hydrogen) atoms. The Morgan fingerprint density at radius 1 is 0.974 bits per heavy atom. The van der Waals surface area contributed by atoms with Crippen molar-refractivity contribution in [1.29, 1.82) is 0 Å². The summed E-state index contributed by atoms with van der Waals surface area (Å²) in [6, 6.07) is 1.93.